The van der Waals surface area contributed by atoms with Gasteiger partial charge in [0.1, 0.15) is 6.33 Å². The summed E-state index contributed by atoms with van der Waals surface area (Å²) in [5, 5.41) is 11.8. The van der Waals surface area contributed by atoms with Crippen molar-refractivity contribution in [1.29, 1.82) is 5.26 Å². The van der Waals surface area contributed by atoms with Gasteiger partial charge in [-0.05, 0) is 18.1 Å². The normalized spacial score (nSPS) is 20.6. The molecule has 0 radical (unpaired) electrons. The van der Waals surface area contributed by atoms with Gasteiger partial charge < -0.3 is 14.8 Å². The van der Waals surface area contributed by atoms with Crippen molar-refractivity contribution in [2.24, 2.45) is 11.8 Å². The van der Waals surface area contributed by atoms with E-state index in [-0.39, 0.29) is 17.7 Å². The Morgan fingerprint density at radius 2 is 2.14 bits per heavy atom. The van der Waals surface area contributed by atoms with Crippen molar-refractivity contribution in [3.63, 3.8) is 0 Å². The molecule has 1 aliphatic heterocycles. The molecule has 2 heterocycles. The molecule has 1 aliphatic rings. The Kier molecular flexibility index (Phi) is 3.79. The molecule has 1 aromatic heterocycles. The maximum Gasteiger partial charge on any atom is 0.230 e. The Labute approximate surface area is 129 Å². The SMILES string of the molecule is C[C@@H]1CN(C#N)C[C@H]1C(=O)Nc1cn(-c2ccccc2)cn1. The highest BCUT2D eigenvalue weighted by Gasteiger charge is 2.34. The van der Waals surface area contributed by atoms with Crippen molar-refractivity contribution in [3.8, 4) is 11.9 Å². The minimum atomic E-state index is -0.179. The zero-order chi connectivity index (χ0) is 15.5. The highest BCUT2D eigenvalue weighted by atomic mass is 16.2. The van der Waals surface area contributed by atoms with Gasteiger partial charge in [0.05, 0.1) is 12.1 Å². The molecule has 0 aliphatic carbocycles. The summed E-state index contributed by atoms with van der Waals surface area (Å²) in [5.41, 5.74) is 0.986. The summed E-state index contributed by atoms with van der Waals surface area (Å²) in [6.45, 7) is 3.10. The second-order valence-electron chi connectivity index (χ2n) is 5.58. The largest absolute Gasteiger partial charge is 0.310 e. The number of rotatable bonds is 3. The summed E-state index contributed by atoms with van der Waals surface area (Å²) in [7, 11) is 0. The van der Waals surface area contributed by atoms with Crippen LogP contribution in [0.4, 0.5) is 5.82 Å². The lowest BCUT2D eigenvalue weighted by molar-refractivity contribution is -0.120. The summed E-state index contributed by atoms with van der Waals surface area (Å²) >= 11 is 0. The van der Waals surface area contributed by atoms with Crippen LogP contribution in [-0.2, 0) is 4.79 Å². The zero-order valence-corrected chi connectivity index (χ0v) is 12.3. The van der Waals surface area contributed by atoms with Gasteiger partial charge in [0.25, 0.3) is 0 Å². The molecule has 2 atom stereocenters. The second kappa shape index (κ2) is 5.90. The molecule has 0 spiro atoms. The van der Waals surface area contributed by atoms with Crippen LogP contribution in [0.1, 0.15) is 6.92 Å². The van der Waals surface area contributed by atoms with E-state index in [2.05, 4.69) is 16.5 Å². The molecule has 3 rings (SSSR count). The number of nitriles is 1. The van der Waals surface area contributed by atoms with E-state index in [1.807, 2.05) is 41.8 Å². The third kappa shape index (κ3) is 2.79. The van der Waals surface area contributed by atoms with E-state index in [1.165, 1.54) is 0 Å². The van der Waals surface area contributed by atoms with Crippen LogP contribution >= 0.6 is 0 Å². The van der Waals surface area contributed by atoms with E-state index >= 15 is 0 Å². The number of nitrogens with zero attached hydrogens (tertiary/aromatic N) is 4. The third-order valence-electron chi connectivity index (χ3n) is 3.98. The number of imidazole rings is 1. The van der Waals surface area contributed by atoms with Crippen LogP contribution in [0.5, 0.6) is 0 Å². The summed E-state index contributed by atoms with van der Waals surface area (Å²) in [4.78, 5) is 18.2. The topological polar surface area (TPSA) is 74.0 Å². The lowest BCUT2D eigenvalue weighted by Gasteiger charge is -2.12. The molecule has 0 bridgehead atoms. The predicted octanol–water partition coefficient (Wildman–Crippen LogP) is 1.86. The van der Waals surface area contributed by atoms with E-state index in [9.17, 15) is 4.79 Å². The fourth-order valence-corrected chi connectivity index (χ4v) is 2.74. The van der Waals surface area contributed by atoms with Gasteiger partial charge in [-0.1, -0.05) is 25.1 Å². The van der Waals surface area contributed by atoms with Crippen molar-refractivity contribution in [2.75, 3.05) is 18.4 Å². The van der Waals surface area contributed by atoms with Crippen LogP contribution in [0.3, 0.4) is 0 Å². The Bertz CT molecular complexity index is 703. The van der Waals surface area contributed by atoms with Crippen LogP contribution in [0, 0.1) is 23.3 Å². The third-order valence-corrected chi connectivity index (χ3v) is 3.98. The molecule has 22 heavy (non-hydrogen) atoms. The molecule has 0 saturated carbocycles. The predicted molar refractivity (Wildman–Crippen MR) is 82.0 cm³/mol. The van der Waals surface area contributed by atoms with Gasteiger partial charge in [0.15, 0.2) is 12.0 Å². The minimum Gasteiger partial charge on any atom is -0.310 e. The zero-order valence-electron chi connectivity index (χ0n) is 12.3. The first kappa shape index (κ1) is 14.1. The van der Waals surface area contributed by atoms with Crippen LogP contribution in [-0.4, -0.2) is 33.4 Å². The molecule has 2 aromatic rings. The summed E-state index contributed by atoms with van der Waals surface area (Å²) < 4.78 is 1.86. The van der Waals surface area contributed by atoms with Crippen molar-refractivity contribution < 1.29 is 4.79 Å². The first-order valence-electron chi connectivity index (χ1n) is 7.22. The summed E-state index contributed by atoms with van der Waals surface area (Å²) in [6, 6.07) is 9.79. The standard InChI is InChI=1S/C16H17N5O/c1-12-7-20(10-17)8-14(12)16(22)19-15-9-21(11-18-15)13-5-3-2-4-6-13/h2-6,9,11-12,14H,7-8H2,1H3,(H,19,22)/t12-,14-/m1/s1. The number of hydrogen-bond donors (Lipinski definition) is 1. The highest BCUT2D eigenvalue weighted by molar-refractivity contribution is 5.92. The second-order valence-corrected chi connectivity index (χ2v) is 5.58. The quantitative estimate of drug-likeness (QED) is 0.877. The van der Waals surface area contributed by atoms with Crippen molar-refractivity contribution in [1.82, 2.24) is 14.5 Å². The van der Waals surface area contributed by atoms with Crippen LogP contribution in [0.15, 0.2) is 42.9 Å². The average Bonchev–Trinajstić information content (AvgIpc) is 3.14. The van der Waals surface area contributed by atoms with Gasteiger partial charge in [-0.15, -0.1) is 0 Å². The van der Waals surface area contributed by atoms with E-state index in [1.54, 1.807) is 17.4 Å². The van der Waals surface area contributed by atoms with Gasteiger partial charge in [0, 0.05) is 18.8 Å². The fourth-order valence-electron chi connectivity index (χ4n) is 2.74. The number of para-hydroxylation sites is 1. The molecule has 1 aromatic carbocycles. The maximum absolute atomic E-state index is 12.3. The molecule has 6 heteroatoms. The van der Waals surface area contributed by atoms with E-state index in [0.717, 1.165) is 5.69 Å². The smallest absolute Gasteiger partial charge is 0.230 e. The molecule has 1 fully saturated rings. The van der Waals surface area contributed by atoms with Gasteiger partial charge in [-0.25, -0.2) is 4.98 Å². The molecule has 1 amide bonds. The lowest BCUT2D eigenvalue weighted by atomic mass is 9.97. The van der Waals surface area contributed by atoms with E-state index in [0.29, 0.717) is 18.9 Å². The number of likely N-dealkylation sites (tertiary alicyclic amines) is 1. The number of hydrogen-bond acceptors (Lipinski definition) is 4. The number of carbonyl (C=O) groups is 1. The summed E-state index contributed by atoms with van der Waals surface area (Å²) in [5.74, 6) is 0.428. The highest BCUT2D eigenvalue weighted by Crippen LogP contribution is 2.23. The molecule has 1 N–H and O–H groups in total. The maximum atomic E-state index is 12.3. The molecular formula is C16H17N5O. The number of nitrogens with one attached hydrogen (secondary N) is 1. The summed E-state index contributed by atoms with van der Waals surface area (Å²) in [6.07, 6.45) is 5.56. The first-order chi connectivity index (χ1) is 10.7. The Morgan fingerprint density at radius 1 is 1.36 bits per heavy atom. The van der Waals surface area contributed by atoms with E-state index in [4.69, 9.17) is 5.26 Å². The van der Waals surface area contributed by atoms with Gasteiger partial charge in [0.2, 0.25) is 5.91 Å². The van der Waals surface area contributed by atoms with Crippen LogP contribution < -0.4 is 5.32 Å². The van der Waals surface area contributed by atoms with Crippen LogP contribution in [0.25, 0.3) is 5.69 Å². The molecule has 0 unspecified atom stereocenters. The minimum absolute atomic E-state index is 0.0800. The lowest BCUT2D eigenvalue weighted by Crippen LogP contribution is -2.28. The average molecular weight is 295 g/mol. The number of benzene rings is 1. The van der Waals surface area contributed by atoms with E-state index < -0.39 is 0 Å². The van der Waals surface area contributed by atoms with Crippen LogP contribution in [0.2, 0.25) is 0 Å². The van der Waals surface area contributed by atoms with Crippen molar-refractivity contribution >= 4 is 11.7 Å². The van der Waals surface area contributed by atoms with Crippen molar-refractivity contribution in [3.05, 3.63) is 42.9 Å². The molecular weight excluding hydrogens is 278 g/mol. The number of anilines is 1. The first-order valence-corrected chi connectivity index (χ1v) is 7.22. The molecule has 112 valence electrons. The molecule has 1 saturated heterocycles. The van der Waals surface area contributed by atoms with Gasteiger partial charge >= 0.3 is 0 Å². The Morgan fingerprint density at radius 3 is 2.82 bits per heavy atom. The number of amides is 1. The monoisotopic (exact) mass is 295 g/mol. The fraction of sp³-hybridized carbons (Fsp3) is 0.312. The van der Waals surface area contributed by atoms with Gasteiger partial charge in [-0.3, -0.25) is 4.79 Å². The van der Waals surface area contributed by atoms with Crippen molar-refractivity contribution in [2.45, 2.75) is 6.92 Å². The van der Waals surface area contributed by atoms with Gasteiger partial charge in [-0.2, -0.15) is 5.26 Å². The Hall–Kier alpha value is -2.81. The Balaban J connectivity index is 1.68. The molecule has 6 nitrogen and oxygen atoms in total. The number of aromatic nitrogens is 2. The number of carbonyl (C=O) groups excluding carboxylic acids is 1.